The minimum Gasteiger partial charge on any atom is -0.406 e. The molecule has 2 aromatic carbocycles. The third-order valence-corrected chi connectivity index (χ3v) is 4.31. The first kappa shape index (κ1) is 18.9. The summed E-state index contributed by atoms with van der Waals surface area (Å²) in [5.41, 5.74) is 3.58. The molecule has 29 heavy (non-hydrogen) atoms. The van der Waals surface area contributed by atoms with Gasteiger partial charge in [-0.3, -0.25) is 4.68 Å². The SMILES string of the molecule is Cc1nn(C)c2c(-c3ccc(OC(F)(F)F)cc3)nc(-c3ccc(F)cc3)nc12. The Labute approximate surface area is 162 Å². The standard InChI is InChI=1S/C20H14F4N4O/c1-11-16-18(28(2)27-11)17(12-5-9-15(10-6-12)29-20(22,23)24)26-19(25-16)13-3-7-14(21)8-4-13/h3-10H,1-2H3. The van der Waals surface area contributed by atoms with Crippen molar-refractivity contribution >= 4 is 11.0 Å². The molecule has 0 N–H and O–H groups in total. The monoisotopic (exact) mass is 402 g/mol. The number of aryl methyl sites for hydroxylation is 2. The zero-order valence-corrected chi connectivity index (χ0v) is 15.3. The van der Waals surface area contributed by atoms with Crippen LogP contribution < -0.4 is 4.74 Å². The van der Waals surface area contributed by atoms with Crippen molar-refractivity contribution in [2.75, 3.05) is 0 Å². The van der Waals surface area contributed by atoms with Crippen LogP contribution in [0.15, 0.2) is 48.5 Å². The first-order chi connectivity index (χ1) is 13.7. The minimum absolute atomic E-state index is 0.327. The van der Waals surface area contributed by atoms with Crippen molar-refractivity contribution in [1.29, 1.82) is 0 Å². The number of fused-ring (bicyclic) bond motifs is 1. The zero-order valence-electron chi connectivity index (χ0n) is 15.3. The predicted molar refractivity (Wildman–Crippen MR) is 98.6 cm³/mol. The fraction of sp³-hybridized carbons (Fsp3) is 0.150. The lowest BCUT2D eigenvalue weighted by molar-refractivity contribution is -0.274. The number of hydrogen-bond donors (Lipinski definition) is 0. The molecule has 0 aliphatic carbocycles. The second kappa shape index (κ2) is 6.84. The van der Waals surface area contributed by atoms with Crippen molar-refractivity contribution in [2.45, 2.75) is 13.3 Å². The Morgan fingerprint density at radius 2 is 1.52 bits per heavy atom. The third kappa shape index (κ3) is 3.75. The van der Waals surface area contributed by atoms with E-state index in [1.165, 1.54) is 36.4 Å². The summed E-state index contributed by atoms with van der Waals surface area (Å²) in [6.45, 7) is 1.80. The lowest BCUT2D eigenvalue weighted by Gasteiger charge is -2.11. The van der Waals surface area contributed by atoms with Crippen molar-refractivity contribution in [2.24, 2.45) is 7.05 Å². The van der Waals surface area contributed by atoms with Crippen LogP contribution in [-0.2, 0) is 7.05 Å². The van der Waals surface area contributed by atoms with Crippen molar-refractivity contribution in [1.82, 2.24) is 19.7 Å². The first-order valence-electron chi connectivity index (χ1n) is 8.55. The molecular formula is C20H14F4N4O. The van der Waals surface area contributed by atoms with Gasteiger partial charge in [-0.25, -0.2) is 14.4 Å². The first-order valence-corrected chi connectivity index (χ1v) is 8.55. The molecule has 148 valence electrons. The van der Waals surface area contributed by atoms with E-state index < -0.39 is 6.36 Å². The molecule has 2 aromatic heterocycles. The second-order valence-electron chi connectivity index (χ2n) is 6.38. The van der Waals surface area contributed by atoms with Crippen molar-refractivity contribution in [3.63, 3.8) is 0 Å². The van der Waals surface area contributed by atoms with Crippen LogP contribution in [0, 0.1) is 12.7 Å². The topological polar surface area (TPSA) is 52.8 Å². The van der Waals surface area contributed by atoms with Gasteiger partial charge >= 0.3 is 6.36 Å². The molecule has 0 unspecified atom stereocenters. The molecule has 0 spiro atoms. The molecular weight excluding hydrogens is 388 g/mol. The van der Waals surface area contributed by atoms with E-state index in [1.807, 2.05) is 0 Å². The smallest absolute Gasteiger partial charge is 0.406 e. The molecule has 0 amide bonds. The summed E-state index contributed by atoms with van der Waals surface area (Å²) in [5.74, 6) is -0.349. The summed E-state index contributed by atoms with van der Waals surface area (Å²) in [6.07, 6.45) is -4.77. The van der Waals surface area contributed by atoms with Gasteiger partial charge in [0.2, 0.25) is 0 Å². The molecule has 9 heteroatoms. The maximum absolute atomic E-state index is 13.3. The lowest BCUT2D eigenvalue weighted by Crippen LogP contribution is -2.16. The quantitative estimate of drug-likeness (QED) is 0.451. The van der Waals surface area contributed by atoms with Crippen LogP contribution >= 0.6 is 0 Å². The van der Waals surface area contributed by atoms with Crippen LogP contribution in [0.3, 0.4) is 0 Å². The van der Waals surface area contributed by atoms with Gasteiger partial charge in [-0.2, -0.15) is 5.10 Å². The number of rotatable bonds is 3. The van der Waals surface area contributed by atoms with Crippen molar-refractivity contribution in [3.8, 4) is 28.4 Å². The van der Waals surface area contributed by atoms with E-state index in [4.69, 9.17) is 0 Å². The highest BCUT2D eigenvalue weighted by molar-refractivity contribution is 5.92. The van der Waals surface area contributed by atoms with Crippen LogP contribution in [0.25, 0.3) is 33.7 Å². The summed E-state index contributed by atoms with van der Waals surface area (Å²) in [4.78, 5) is 9.15. The van der Waals surface area contributed by atoms with Gasteiger partial charge in [0, 0.05) is 18.2 Å². The summed E-state index contributed by atoms with van der Waals surface area (Å²) >= 11 is 0. The van der Waals surface area contributed by atoms with Gasteiger partial charge in [-0.05, 0) is 55.5 Å². The number of ether oxygens (including phenoxy) is 1. The number of halogens is 4. The van der Waals surface area contributed by atoms with E-state index in [1.54, 1.807) is 30.8 Å². The molecule has 2 heterocycles. The zero-order chi connectivity index (χ0) is 20.8. The molecule has 4 aromatic rings. The van der Waals surface area contributed by atoms with Gasteiger partial charge in [0.1, 0.15) is 28.3 Å². The Hall–Kier alpha value is -3.49. The summed E-state index contributed by atoms with van der Waals surface area (Å²) in [6, 6.07) is 11.1. The van der Waals surface area contributed by atoms with E-state index in [0.717, 1.165) is 0 Å². The van der Waals surface area contributed by atoms with E-state index in [0.29, 0.717) is 39.4 Å². The fourth-order valence-electron chi connectivity index (χ4n) is 3.08. The van der Waals surface area contributed by atoms with E-state index >= 15 is 0 Å². The van der Waals surface area contributed by atoms with Crippen molar-refractivity contribution < 1.29 is 22.3 Å². The molecule has 5 nitrogen and oxygen atoms in total. The molecule has 0 bridgehead atoms. The second-order valence-corrected chi connectivity index (χ2v) is 6.38. The number of hydrogen-bond acceptors (Lipinski definition) is 4. The normalized spacial score (nSPS) is 11.8. The summed E-state index contributed by atoms with van der Waals surface area (Å²) < 4.78 is 56.1. The number of alkyl halides is 3. The van der Waals surface area contributed by atoms with Gasteiger partial charge in [-0.15, -0.1) is 13.2 Å². The van der Waals surface area contributed by atoms with Gasteiger partial charge in [-0.1, -0.05) is 0 Å². The molecule has 0 saturated carbocycles. The average molecular weight is 402 g/mol. The third-order valence-electron chi connectivity index (χ3n) is 4.31. The minimum atomic E-state index is -4.77. The molecule has 0 aliphatic heterocycles. The van der Waals surface area contributed by atoms with E-state index in [-0.39, 0.29) is 11.6 Å². The molecule has 4 rings (SSSR count). The van der Waals surface area contributed by atoms with Crippen LogP contribution in [0.5, 0.6) is 5.75 Å². The fourth-order valence-corrected chi connectivity index (χ4v) is 3.08. The Balaban J connectivity index is 1.87. The Morgan fingerprint density at radius 1 is 0.897 bits per heavy atom. The maximum Gasteiger partial charge on any atom is 0.573 e. The van der Waals surface area contributed by atoms with Gasteiger partial charge in [0.25, 0.3) is 0 Å². The molecule has 0 radical (unpaired) electrons. The van der Waals surface area contributed by atoms with Crippen LogP contribution in [0.2, 0.25) is 0 Å². The lowest BCUT2D eigenvalue weighted by atomic mass is 10.1. The van der Waals surface area contributed by atoms with Gasteiger partial charge in [0.15, 0.2) is 5.82 Å². The molecule has 0 fully saturated rings. The Bertz CT molecular complexity index is 1180. The highest BCUT2D eigenvalue weighted by Gasteiger charge is 2.31. The largest absolute Gasteiger partial charge is 0.573 e. The van der Waals surface area contributed by atoms with E-state index in [9.17, 15) is 17.6 Å². The predicted octanol–water partition coefficient (Wildman–Crippen LogP) is 5.04. The van der Waals surface area contributed by atoms with Crippen molar-refractivity contribution in [3.05, 3.63) is 60.0 Å². The molecule has 0 atom stereocenters. The molecule has 0 saturated heterocycles. The summed E-state index contributed by atoms with van der Waals surface area (Å²) in [5, 5.41) is 4.37. The maximum atomic E-state index is 13.3. The van der Waals surface area contributed by atoms with Crippen LogP contribution in [-0.4, -0.2) is 26.1 Å². The summed E-state index contributed by atoms with van der Waals surface area (Å²) in [7, 11) is 1.74. The average Bonchev–Trinajstić information content (AvgIpc) is 2.95. The highest BCUT2D eigenvalue weighted by atomic mass is 19.4. The Kier molecular flexibility index (Phi) is 4.45. The van der Waals surface area contributed by atoms with E-state index in [2.05, 4.69) is 19.8 Å². The molecule has 0 aliphatic rings. The highest BCUT2D eigenvalue weighted by Crippen LogP contribution is 2.32. The van der Waals surface area contributed by atoms with Crippen LogP contribution in [0.4, 0.5) is 17.6 Å². The van der Waals surface area contributed by atoms with Gasteiger partial charge in [0.05, 0.1) is 5.69 Å². The number of aromatic nitrogens is 4. The Morgan fingerprint density at radius 3 is 2.14 bits per heavy atom. The number of nitrogens with zero attached hydrogens (tertiary/aromatic N) is 4. The van der Waals surface area contributed by atoms with Gasteiger partial charge < -0.3 is 4.74 Å². The number of benzene rings is 2. The van der Waals surface area contributed by atoms with Crippen LogP contribution in [0.1, 0.15) is 5.69 Å².